The Bertz CT molecular complexity index is 803. The summed E-state index contributed by atoms with van der Waals surface area (Å²) in [5.41, 5.74) is 0.562. The Morgan fingerprint density at radius 3 is 2.58 bits per heavy atom. The summed E-state index contributed by atoms with van der Waals surface area (Å²) in [7, 11) is 0. The van der Waals surface area contributed by atoms with Gasteiger partial charge in [0.25, 0.3) is 11.8 Å². The van der Waals surface area contributed by atoms with Crippen LogP contribution in [0.3, 0.4) is 0 Å². The van der Waals surface area contributed by atoms with Gasteiger partial charge in [-0.15, -0.1) is 11.3 Å². The van der Waals surface area contributed by atoms with Crippen molar-refractivity contribution in [2.24, 2.45) is 0 Å². The highest BCUT2D eigenvalue weighted by Gasteiger charge is 2.14. The minimum Gasteiger partial charge on any atom is -0.452 e. The lowest BCUT2D eigenvalue weighted by atomic mass is 10.2. The lowest BCUT2D eigenvalue weighted by molar-refractivity contribution is -0.123. The quantitative estimate of drug-likeness (QED) is 0.749. The number of rotatable bonds is 6. The van der Waals surface area contributed by atoms with Crippen LogP contribution in [0.5, 0.6) is 0 Å². The molecule has 0 atom stereocenters. The minimum atomic E-state index is -0.910. The van der Waals surface area contributed by atoms with E-state index in [4.69, 9.17) is 4.74 Å². The van der Waals surface area contributed by atoms with Gasteiger partial charge in [-0.2, -0.15) is 0 Å². The van der Waals surface area contributed by atoms with Crippen molar-refractivity contribution in [2.75, 3.05) is 18.5 Å². The van der Waals surface area contributed by atoms with Gasteiger partial charge in [0.2, 0.25) is 0 Å². The van der Waals surface area contributed by atoms with Gasteiger partial charge < -0.3 is 14.8 Å². The molecule has 0 aliphatic carbocycles. The number of anilines is 1. The van der Waals surface area contributed by atoms with E-state index in [0.29, 0.717) is 10.6 Å². The number of carbonyl (C=O) groups excluding carboxylic acids is 4. The van der Waals surface area contributed by atoms with Gasteiger partial charge in [-0.3, -0.25) is 14.9 Å². The Labute approximate surface area is 153 Å². The molecule has 0 saturated heterocycles. The molecule has 26 heavy (non-hydrogen) atoms. The molecule has 2 N–H and O–H groups in total. The molecule has 0 spiro atoms. The Kier molecular flexibility index (Phi) is 6.86. The van der Waals surface area contributed by atoms with E-state index in [1.54, 1.807) is 36.6 Å². The van der Waals surface area contributed by atoms with Crippen LogP contribution in [0, 0.1) is 0 Å². The van der Waals surface area contributed by atoms with Crippen LogP contribution in [-0.2, 0) is 14.3 Å². The van der Waals surface area contributed by atoms with Crippen molar-refractivity contribution in [3.8, 4) is 0 Å². The Morgan fingerprint density at radius 2 is 1.88 bits per heavy atom. The fraction of sp³-hybridized carbons (Fsp3) is 0.176. The zero-order chi connectivity index (χ0) is 18.9. The molecule has 0 bridgehead atoms. The van der Waals surface area contributed by atoms with Gasteiger partial charge in [0.05, 0.1) is 17.0 Å². The van der Waals surface area contributed by atoms with Gasteiger partial charge in [-0.1, -0.05) is 12.1 Å². The first kappa shape index (κ1) is 19.1. The molecule has 1 aromatic carbocycles. The first-order valence-electron chi connectivity index (χ1n) is 7.58. The molecule has 0 aliphatic heterocycles. The number of carbonyl (C=O) groups is 4. The predicted octanol–water partition coefficient (Wildman–Crippen LogP) is 2.43. The third-order valence-electron chi connectivity index (χ3n) is 2.95. The summed E-state index contributed by atoms with van der Waals surface area (Å²) in [6.45, 7) is 1.07. The molecule has 9 heteroatoms. The molecule has 1 aromatic heterocycles. The Morgan fingerprint density at radius 1 is 1.08 bits per heavy atom. The lowest BCUT2D eigenvalue weighted by Gasteiger charge is -2.08. The van der Waals surface area contributed by atoms with Crippen LogP contribution in [0.1, 0.15) is 27.0 Å². The van der Waals surface area contributed by atoms with Crippen LogP contribution >= 0.6 is 11.3 Å². The number of hydrogen-bond acceptors (Lipinski definition) is 7. The molecule has 2 aromatic rings. The maximum absolute atomic E-state index is 12.0. The highest BCUT2D eigenvalue weighted by molar-refractivity contribution is 7.12. The molecule has 8 nitrogen and oxygen atoms in total. The van der Waals surface area contributed by atoms with Gasteiger partial charge in [0.1, 0.15) is 0 Å². The lowest BCUT2D eigenvalue weighted by Crippen LogP contribution is -2.34. The zero-order valence-electron chi connectivity index (χ0n) is 13.8. The van der Waals surface area contributed by atoms with E-state index in [9.17, 15) is 19.2 Å². The molecule has 3 amide bonds. The minimum absolute atomic E-state index is 0.114. The van der Waals surface area contributed by atoms with E-state index >= 15 is 0 Å². The number of amides is 3. The van der Waals surface area contributed by atoms with Gasteiger partial charge in [0.15, 0.2) is 6.61 Å². The van der Waals surface area contributed by atoms with Crippen molar-refractivity contribution < 1.29 is 28.7 Å². The molecular weight excluding hydrogens is 360 g/mol. The summed E-state index contributed by atoms with van der Waals surface area (Å²) in [4.78, 5) is 47.1. The number of nitrogens with one attached hydrogen (secondary N) is 2. The average molecular weight is 376 g/mol. The van der Waals surface area contributed by atoms with Gasteiger partial charge in [-0.25, -0.2) is 9.59 Å². The SMILES string of the molecule is CCOC(=O)NC(=O)COC(=O)c1cccc(NC(=O)c2cccs2)c1. The number of alkyl carbamates (subject to hydrolysis) is 1. The van der Waals surface area contributed by atoms with Gasteiger partial charge in [0, 0.05) is 5.69 Å². The summed E-state index contributed by atoms with van der Waals surface area (Å²) in [5, 5.41) is 6.36. The molecule has 136 valence electrons. The number of benzene rings is 1. The Balaban J connectivity index is 1.90. The number of thiophene rings is 1. The van der Waals surface area contributed by atoms with Crippen LogP contribution in [-0.4, -0.2) is 37.1 Å². The standard InChI is InChI=1S/C17H16N2O6S/c1-2-24-17(23)19-14(20)10-25-16(22)11-5-3-6-12(9-11)18-15(21)13-7-4-8-26-13/h3-9H,2,10H2,1H3,(H,18,21)(H,19,20,23). The zero-order valence-corrected chi connectivity index (χ0v) is 14.6. The fourth-order valence-electron chi connectivity index (χ4n) is 1.86. The van der Waals surface area contributed by atoms with Crippen molar-refractivity contribution in [1.29, 1.82) is 0 Å². The number of esters is 1. The summed E-state index contributed by atoms with van der Waals surface area (Å²) in [5.74, 6) is -1.87. The number of hydrogen-bond donors (Lipinski definition) is 2. The number of imide groups is 1. The normalized spacial score (nSPS) is 9.88. The van der Waals surface area contributed by atoms with Crippen LogP contribution in [0.2, 0.25) is 0 Å². The van der Waals surface area contributed by atoms with Crippen LogP contribution in [0.4, 0.5) is 10.5 Å². The maximum atomic E-state index is 12.0. The van der Waals surface area contributed by atoms with E-state index in [-0.39, 0.29) is 18.1 Å². The second-order valence-corrected chi connectivity index (χ2v) is 5.80. The Hall–Kier alpha value is -3.20. The second kappa shape index (κ2) is 9.33. The first-order valence-corrected chi connectivity index (χ1v) is 8.46. The summed E-state index contributed by atoms with van der Waals surface area (Å²) < 4.78 is 9.37. The fourth-order valence-corrected chi connectivity index (χ4v) is 2.47. The summed E-state index contributed by atoms with van der Waals surface area (Å²) in [6.07, 6.45) is -0.910. The van der Waals surface area contributed by atoms with Crippen molar-refractivity contribution in [2.45, 2.75) is 6.92 Å². The summed E-state index contributed by atoms with van der Waals surface area (Å²) >= 11 is 1.29. The van der Waals surface area contributed by atoms with Crippen LogP contribution in [0.25, 0.3) is 0 Å². The molecule has 0 fully saturated rings. The van der Waals surface area contributed by atoms with E-state index in [1.165, 1.54) is 23.5 Å². The second-order valence-electron chi connectivity index (χ2n) is 4.86. The third-order valence-corrected chi connectivity index (χ3v) is 3.82. The summed E-state index contributed by atoms with van der Waals surface area (Å²) in [6, 6.07) is 9.54. The van der Waals surface area contributed by atoms with E-state index in [2.05, 4.69) is 10.1 Å². The smallest absolute Gasteiger partial charge is 0.413 e. The average Bonchev–Trinajstić information content (AvgIpc) is 3.15. The van der Waals surface area contributed by atoms with Crippen molar-refractivity contribution in [3.63, 3.8) is 0 Å². The topological polar surface area (TPSA) is 111 Å². The van der Waals surface area contributed by atoms with E-state index < -0.39 is 24.6 Å². The predicted molar refractivity (Wildman–Crippen MR) is 94.2 cm³/mol. The van der Waals surface area contributed by atoms with Crippen molar-refractivity contribution >= 4 is 40.9 Å². The van der Waals surface area contributed by atoms with Crippen LogP contribution < -0.4 is 10.6 Å². The molecule has 0 unspecified atom stereocenters. The van der Waals surface area contributed by atoms with E-state index in [1.807, 2.05) is 5.32 Å². The highest BCUT2D eigenvalue weighted by atomic mass is 32.1. The molecular formula is C17H16N2O6S. The first-order chi connectivity index (χ1) is 12.5. The van der Waals surface area contributed by atoms with E-state index in [0.717, 1.165) is 0 Å². The molecule has 1 heterocycles. The molecule has 0 radical (unpaired) electrons. The molecule has 0 aliphatic rings. The largest absolute Gasteiger partial charge is 0.452 e. The number of ether oxygens (including phenoxy) is 2. The van der Waals surface area contributed by atoms with Gasteiger partial charge in [-0.05, 0) is 36.6 Å². The monoisotopic (exact) mass is 376 g/mol. The van der Waals surface area contributed by atoms with Crippen LogP contribution in [0.15, 0.2) is 41.8 Å². The maximum Gasteiger partial charge on any atom is 0.413 e. The van der Waals surface area contributed by atoms with Crippen molar-refractivity contribution in [3.05, 3.63) is 52.2 Å². The van der Waals surface area contributed by atoms with Crippen molar-refractivity contribution in [1.82, 2.24) is 5.32 Å². The highest BCUT2D eigenvalue weighted by Crippen LogP contribution is 2.15. The molecule has 0 saturated carbocycles. The molecule has 2 rings (SSSR count). The third kappa shape index (κ3) is 5.71. The van der Waals surface area contributed by atoms with Gasteiger partial charge >= 0.3 is 12.1 Å².